The van der Waals surface area contributed by atoms with E-state index in [-0.39, 0.29) is 16.1 Å². The van der Waals surface area contributed by atoms with Gasteiger partial charge in [0.2, 0.25) is 15.9 Å². The number of sulfonamides is 1. The van der Waals surface area contributed by atoms with Crippen molar-refractivity contribution in [1.29, 1.82) is 0 Å². The molecule has 1 rings (SSSR count). The summed E-state index contributed by atoms with van der Waals surface area (Å²) in [5, 5.41) is 0. The van der Waals surface area contributed by atoms with Crippen LogP contribution < -0.4 is 11.5 Å². The van der Waals surface area contributed by atoms with Crippen LogP contribution in [0.4, 0.5) is 10.1 Å². The average Bonchev–Trinajstić information content (AvgIpc) is 2.29. The molecule has 6 nitrogen and oxygen atoms in total. The highest BCUT2D eigenvalue weighted by Crippen LogP contribution is 2.25. The molecule has 1 amide bonds. The summed E-state index contributed by atoms with van der Waals surface area (Å²) in [4.78, 5) is 10.9. The number of nitrogens with zero attached hydrogens (tertiary/aromatic N) is 1. The molecule has 0 saturated heterocycles. The number of hydrogen-bond acceptors (Lipinski definition) is 4. The first-order valence-electron chi connectivity index (χ1n) is 5.93. The second kappa shape index (κ2) is 5.76. The van der Waals surface area contributed by atoms with E-state index in [0.717, 1.165) is 16.4 Å². The number of hydrogen-bond donors (Lipinski definition) is 2. The zero-order chi connectivity index (χ0) is 15.7. The normalized spacial score (nSPS) is 12.1. The molecule has 0 atom stereocenters. The summed E-state index contributed by atoms with van der Waals surface area (Å²) >= 11 is 0. The van der Waals surface area contributed by atoms with Crippen LogP contribution in [-0.2, 0) is 14.8 Å². The molecular formula is C12H18FN3O3S. The Morgan fingerprint density at radius 1 is 1.40 bits per heavy atom. The second-order valence-corrected chi connectivity index (χ2v) is 6.61. The Hall–Kier alpha value is -1.67. The lowest BCUT2D eigenvalue weighted by Gasteiger charge is -2.25. The fraction of sp³-hybridized carbons (Fsp3) is 0.417. The molecule has 0 aliphatic carbocycles. The van der Waals surface area contributed by atoms with Crippen molar-refractivity contribution >= 4 is 21.6 Å². The molecule has 1 aromatic carbocycles. The summed E-state index contributed by atoms with van der Waals surface area (Å²) in [6.45, 7) is 4.24. The minimum Gasteiger partial charge on any atom is -0.396 e. The number of amides is 1. The zero-order valence-corrected chi connectivity index (χ0v) is 12.4. The topological polar surface area (TPSA) is 106 Å². The highest BCUT2D eigenvalue weighted by atomic mass is 32.2. The zero-order valence-electron chi connectivity index (χ0n) is 11.6. The van der Waals surface area contributed by atoms with Crippen LogP contribution in [0.5, 0.6) is 0 Å². The van der Waals surface area contributed by atoms with E-state index in [4.69, 9.17) is 11.5 Å². The quantitative estimate of drug-likeness (QED) is 0.777. The Morgan fingerprint density at radius 3 is 2.40 bits per heavy atom. The summed E-state index contributed by atoms with van der Waals surface area (Å²) < 4.78 is 39.3. The number of nitrogens with two attached hydrogens (primary N) is 2. The van der Waals surface area contributed by atoms with Gasteiger partial charge in [-0.3, -0.25) is 4.79 Å². The van der Waals surface area contributed by atoms with Crippen LogP contribution in [0.1, 0.15) is 19.4 Å². The van der Waals surface area contributed by atoms with Crippen molar-refractivity contribution in [3.63, 3.8) is 0 Å². The monoisotopic (exact) mass is 303 g/mol. The molecule has 1 aromatic rings. The number of benzene rings is 1. The summed E-state index contributed by atoms with van der Waals surface area (Å²) in [5.74, 6) is -1.46. The van der Waals surface area contributed by atoms with Crippen LogP contribution in [0.2, 0.25) is 0 Å². The number of carbonyl (C=O) groups excluding carboxylic acids is 1. The first kappa shape index (κ1) is 16.4. The Kier molecular flexibility index (Phi) is 4.72. The molecule has 0 spiro atoms. The fourth-order valence-electron chi connectivity index (χ4n) is 1.77. The summed E-state index contributed by atoms with van der Waals surface area (Å²) in [5.41, 5.74) is 10.4. The maximum Gasteiger partial charge on any atom is 0.244 e. The number of halogens is 1. The average molecular weight is 303 g/mol. The van der Waals surface area contributed by atoms with Crippen LogP contribution in [0.3, 0.4) is 0 Å². The van der Waals surface area contributed by atoms with Gasteiger partial charge >= 0.3 is 0 Å². The smallest absolute Gasteiger partial charge is 0.244 e. The van der Waals surface area contributed by atoms with Crippen LogP contribution in [-0.4, -0.2) is 31.2 Å². The molecule has 20 heavy (non-hydrogen) atoms. The lowest BCUT2D eigenvalue weighted by molar-refractivity contribution is -0.118. The van der Waals surface area contributed by atoms with Gasteiger partial charge in [-0.05, 0) is 38.5 Å². The minimum atomic E-state index is -3.98. The second-order valence-electron chi connectivity index (χ2n) is 4.75. The highest BCUT2D eigenvalue weighted by Gasteiger charge is 2.30. The molecular weight excluding hydrogens is 285 g/mol. The van der Waals surface area contributed by atoms with Gasteiger partial charge < -0.3 is 11.5 Å². The van der Waals surface area contributed by atoms with Gasteiger partial charge in [0.05, 0.1) is 17.1 Å². The third-order valence-electron chi connectivity index (χ3n) is 2.77. The fourth-order valence-corrected chi connectivity index (χ4v) is 3.62. The van der Waals surface area contributed by atoms with Crippen molar-refractivity contribution in [1.82, 2.24) is 4.31 Å². The summed E-state index contributed by atoms with van der Waals surface area (Å²) in [6, 6.07) is 1.62. The molecule has 112 valence electrons. The number of carbonyl (C=O) groups is 1. The number of anilines is 1. The number of rotatable bonds is 5. The molecule has 0 bridgehead atoms. The van der Waals surface area contributed by atoms with Gasteiger partial charge in [-0.2, -0.15) is 4.31 Å². The van der Waals surface area contributed by atoms with Gasteiger partial charge in [-0.1, -0.05) is 0 Å². The van der Waals surface area contributed by atoms with Gasteiger partial charge in [-0.15, -0.1) is 0 Å². The van der Waals surface area contributed by atoms with Gasteiger partial charge in [0, 0.05) is 6.04 Å². The van der Waals surface area contributed by atoms with Gasteiger partial charge in [0.1, 0.15) is 5.82 Å². The molecule has 0 radical (unpaired) electrons. The Balaban J connectivity index is 3.41. The van der Waals surface area contributed by atoms with Crippen LogP contribution in [0.25, 0.3) is 0 Å². The van der Waals surface area contributed by atoms with Crippen molar-refractivity contribution in [2.75, 3.05) is 12.3 Å². The molecule has 0 aliphatic heterocycles. The van der Waals surface area contributed by atoms with Gasteiger partial charge in [0.25, 0.3) is 0 Å². The van der Waals surface area contributed by atoms with Crippen molar-refractivity contribution in [3.8, 4) is 0 Å². The first-order valence-corrected chi connectivity index (χ1v) is 7.37. The van der Waals surface area contributed by atoms with Crippen molar-refractivity contribution in [2.24, 2.45) is 5.73 Å². The number of primary amides is 1. The van der Waals surface area contributed by atoms with E-state index in [1.165, 1.54) is 6.92 Å². The predicted molar refractivity (Wildman–Crippen MR) is 73.8 cm³/mol. The summed E-state index contributed by atoms with van der Waals surface area (Å²) in [7, 11) is -3.98. The van der Waals surface area contributed by atoms with E-state index < -0.39 is 34.3 Å². The molecule has 0 heterocycles. The maximum absolute atomic E-state index is 13.3. The standard InChI is InChI=1S/C12H18FN3O3S/c1-7(2)16(6-12(15)17)20(18,19)11-5-10(14)9(13)4-8(11)3/h4-5,7H,6,14H2,1-3H3,(H2,15,17). The lowest BCUT2D eigenvalue weighted by Crippen LogP contribution is -2.42. The Morgan fingerprint density at radius 2 is 1.95 bits per heavy atom. The van der Waals surface area contributed by atoms with E-state index in [0.29, 0.717) is 0 Å². The molecule has 0 fully saturated rings. The summed E-state index contributed by atoms with van der Waals surface area (Å²) in [6.07, 6.45) is 0. The minimum absolute atomic E-state index is 0.133. The number of nitrogen functional groups attached to an aromatic ring is 1. The van der Waals surface area contributed by atoms with Crippen LogP contribution in [0.15, 0.2) is 17.0 Å². The van der Waals surface area contributed by atoms with E-state index in [2.05, 4.69) is 0 Å². The number of aryl methyl sites for hydroxylation is 1. The Labute approximate surface area is 117 Å². The third-order valence-corrected chi connectivity index (χ3v) is 4.93. The molecule has 0 unspecified atom stereocenters. The third kappa shape index (κ3) is 3.26. The molecule has 8 heteroatoms. The van der Waals surface area contributed by atoms with Crippen LogP contribution >= 0.6 is 0 Å². The van der Waals surface area contributed by atoms with Gasteiger partial charge in [0.15, 0.2) is 0 Å². The van der Waals surface area contributed by atoms with Gasteiger partial charge in [-0.25, -0.2) is 12.8 Å². The van der Waals surface area contributed by atoms with Crippen molar-refractivity contribution in [2.45, 2.75) is 31.7 Å². The molecule has 0 saturated carbocycles. The van der Waals surface area contributed by atoms with E-state index >= 15 is 0 Å². The Bertz CT molecular complexity index is 629. The molecule has 0 aliphatic rings. The molecule has 4 N–H and O–H groups in total. The van der Waals surface area contributed by atoms with E-state index in [9.17, 15) is 17.6 Å². The van der Waals surface area contributed by atoms with Crippen molar-refractivity contribution < 1.29 is 17.6 Å². The lowest BCUT2D eigenvalue weighted by atomic mass is 10.2. The first-order chi connectivity index (χ1) is 9.07. The molecule has 0 aromatic heterocycles. The predicted octanol–water partition coefficient (Wildman–Crippen LogP) is 0.601. The largest absolute Gasteiger partial charge is 0.396 e. The highest BCUT2D eigenvalue weighted by molar-refractivity contribution is 7.89. The van der Waals surface area contributed by atoms with E-state index in [1.54, 1.807) is 13.8 Å². The maximum atomic E-state index is 13.3. The SMILES string of the molecule is Cc1cc(F)c(N)cc1S(=O)(=O)N(CC(N)=O)C(C)C. The van der Waals surface area contributed by atoms with Crippen LogP contribution in [0, 0.1) is 12.7 Å². The van der Waals surface area contributed by atoms with E-state index in [1.807, 2.05) is 0 Å². The van der Waals surface area contributed by atoms with Crippen molar-refractivity contribution in [3.05, 3.63) is 23.5 Å².